The smallest absolute Gasteiger partial charge is 0.226 e. The van der Waals surface area contributed by atoms with Crippen LogP contribution in [0.3, 0.4) is 0 Å². The van der Waals surface area contributed by atoms with Crippen molar-refractivity contribution in [3.63, 3.8) is 0 Å². The molecular formula is C22H28N4O3. The van der Waals surface area contributed by atoms with Crippen LogP contribution in [0.15, 0.2) is 28.8 Å². The fraction of sp³-hybridized carbons (Fsp3) is 0.545. The Morgan fingerprint density at radius 3 is 2.72 bits per heavy atom. The van der Waals surface area contributed by atoms with Crippen molar-refractivity contribution in [3.05, 3.63) is 35.7 Å². The van der Waals surface area contributed by atoms with E-state index in [4.69, 9.17) is 4.52 Å². The molecule has 0 atom stereocenters. The van der Waals surface area contributed by atoms with Crippen LogP contribution in [-0.2, 0) is 16.0 Å². The molecule has 0 N–H and O–H groups in total. The van der Waals surface area contributed by atoms with Crippen LogP contribution in [0.4, 0.5) is 0 Å². The van der Waals surface area contributed by atoms with E-state index in [-0.39, 0.29) is 17.7 Å². The number of carbonyl (C=O) groups is 2. The molecule has 1 aromatic heterocycles. The fourth-order valence-corrected chi connectivity index (χ4v) is 3.78. The fourth-order valence-electron chi connectivity index (χ4n) is 3.78. The summed E-state index contributed by atoms with van der Waals surface area (Å²) in [4.78, 5) is 33.1. The van der Waals surface area contributed by atoms with E-state index in [0.29, 0.717) is 44.1 Å². The maximum absolute atomic E-state index is 12.6. The second kappa shape index (κ2) is 8.76. The quantitative estimate of drug-likeness (QED) is 0.750. The molecule has 0 unspecified atom stereocenters. The van der Waals surface area contributed by atoms with Gasteiger partial charge in [0.1, 0.15) is 0 Å². The Hall–Kier alpha value is -2.70. The van der Waals surface area contributed by atoms with Crippen LogP contribution in [0.25, 0.3) is 11.4 Å². The lowest BCUT2D eigenvalue weighted by atomic mass is 10.1. The Morgan fingerprint density at radius 1 is 1.14 bits per heavy atom. The molecule has 2 fully saturated rings. The van der Waals surface area contributed by atoms with Gasteiger partial charge in [-0.25, -0.2) is 0 Å². The molecule has 1 aliphatic carbocycles. The van der Waals surface area contributed by atoms with Crippen molar-refractivity contribution in [1.82, 2.24) is 19.9 Å². The number of amides is 2. The first-order chi connectivity index (χ1) is 14.1. The minimum Gasteiger partial charge on any atom is -0.341 e. The Kier molecular flexibility index (Phi) is 5.92. The van der Waals surface area contributed by atoms with Gasteiger partial charge in [-0.2, -0.15) is 4.98 Å². The van der Waals surface area contributed by atoms with Crippen LogP contribution < -0.4 is 0 Å². The van der Waals surface area contributed by atoms with Crippen molar-refractivity contribution in [3.8, 4) is 11.4 Å². The molecule has 1 aromatic carbocycles. The molecule has 0 spiro atoms. The van der Waals surface area contributed by atoms with E-state index in [1.165, 1.54) is 0 Å². The molecule has 1 aliphatic heterocycles. The third-order valence-electron chi connectivity index (χ3n) is 5.61. The maximum Gasteiger partial charge on any atom is 0.226 e. The van der Waals surface area contributed by atoms with Gasteiger partial charge in [0.05, 0.1) is 0 Å². The van der Waals surface area contributed by atoms with Gasteiger partial charge in [0.2, 0.25) is 23.5 Å². The number of hydrogen-bond donors (Lipinski definition) is 0. The van der Waals surface area contributed by atoms with Gasteiger partial charge >= 0.3 is 0 Å². The maximum atomic E-state index is 12.6. The molecule has 7 nitrogen and oxygen atoms in total. The summed E-state index contributed by atoms with van der Waals surface area (Å²) in [6.07, 6.45) is 4.63. The van der Waals surface area contributed by atoms with Crippen LogP contribution in [0, 0.1) is 12.8 Å². The van der Waals surface area contributed by atoms with Crippen molar-refractivity contribution in [1.29, 1.82) is 0 Å². The van der Waals surface area contributed by atoms with Gasteiger partial charge in [0.15, 0.2) is 0 Å². The summed E-state index contributed by atoms with van der Waals surface area (Å²) in [5, 5.41) is 4.05. The van der Waals surface area contributed by atoms with Gasteiger partial charge in [-0.3, -0.25) is 9.59 Å². The average Bonchev–Trinajstić information content (AvgIpc) is 3.50. The summed E-state index contributed by atoms with van der Waals surface area (Å²) in [5.41, 5.74) is 2.08. The topological polar surface area (TPSA) is 79.5 Å². The Labute approximate surface area is 171 Å². The summed E-state index contributed by atoms with van der Waals surface area (Å²) in [6.45, 7) is 4.81. The number of aryl methyl sites for hydroxylation is 2. The highest BCUT2D eigenvalue weighted by molar-refractivity contribution is 5.81. The number of nitrogens with zero attached hydrogens (tertiary/aromatic N) is 4. The van der Waals surface area contributed by atoms with Crippen LogP contribution in [0.5, 0.6) is 0 Å². The number of aromatic nitrogens is 2. The molecule has 1 saturated heterocycles. The van der Waals surface area contributed by atoms with Crippen LogP contribution >= 0.6 is 0 Å². The largest absolute Gasteiger partial charge is 0.341 e. The molecule has 0 bridgehead atoms. The summed E-state index contributed by atoms with van der Waals surface area (Å²) in [7, 11) is 0. The van der Waals surface area contributed by atoms with E-state index in [1.807, 2.05) is 41.0 Å². The second-order valence-corrected chi connectivity index (χ2v) is 8.07. The molecule has 2 aliphatic rings. The van der Waals surface area contributed by atoms with Crippen molar-refractivity contribution >= 4 is 11.8 Å². The summed E-state index contributed by atoms with van der Waals surface area (Å²) in [6, 6.07) is 7.98. The first-order valence-electron chi connectivity index (χ1n) is 10.6. The molecule has 2 amide bonds. The summed E-state index contributed by atoms with van der Waals surface area (Å²) in [5.74, 6) is 1.81. The SMILES string of the molecule is Cc1cccc(-c2noc(CCCC(=O)N3CCCN(C(=O)C4CC4)CC3)n2)c1. The second-order valence-electron chi connectivity index (χ2n) is 8.07. The number of rotatable bonds is 6. The Bertz CT molecular complexity index is 874. The zero-order valence-corrected chi connectivity index (χ0v) is 17.0. The highest BCUT2D eigenvalue weighted by atomic mass is 16.5. The van der Waals surface area contributed by atoms with Gasteiger partial charge in [0.25, 0.3) is 0 Å². The average molecular weight is 396 g/mol. The normalized spacial score (nSPS) is 17.3. The van der Waals surface area contributed by atoms with E-state index in [1.54, 1.807) is 0 Å². The van der Waals surface area contributed by atoms with Crippen LogP contribution in [0.1, 0.15) is 43.6 Å². The first-order valence-corrected chi connectivity index (χ1v) is 10.6. The van der Waals surface area contributed by atoms with E-state index in [9.17, 15) is 9.59 Å². The Morgan fingerprint density at radius 2 is 1.93 bits per heavy atom. The molecule has 4 rings (SSSR count). The Balaban J connectivity index is 1.23. The van der Waals surface area contributed by atoms with E-state index in [2.05, 4.69) is 10.1 Å². The number of benzene rings is 1. The predicted octanol–water partition coefficient (Wildman–Crippen LogP) is 2.84. The predicted molar refractivity (Wildman–Crippen MR) is 108 cm³/mol. The molecule has 2 heterocycles. The lowest BCUT2D eigenvalue weighted by Gasteiger charge is -2.22. The van der Waals surface area contributed by atoms with E-state index < -0.39 is 0 Å². The molecular weight excluding hydrogens is 368 g/mol. The first kappa shape index (κ1) is 19.6. The van der Waals surface area contributed by atoms with Gasteiger partial charge < -0.3 is 14.3 Å². The standard InChI is InChI=1S/C22H28N4O3/c1-16-5-2-6-18(15-16)21-23-19(29-24-21)7-3-8-20(27)25-11-4-12-26(14-13-25)22(28)17-9-10-17/h2,5-6,15,17H,3-4,7-14H2,1H3. The lowest BCUT2D eigenvalue weighted by Crippen LogP contribution is -2.37. The van der Waals surface area contributed by atoms with Crippen molar-refractivity contribution in [2.45, 2.75) is 45.4 Å². The van der Waals surface area contributed by atoms with Gasteiger partial charge in [-0.15, -0.1) is 0 Å². The lowest BCUT2D eigenvalue weighted by molar-refractivity contribution is -0.134. The minimum atomic E-state index is 0.143. The summed E-state index contributed by atoms with van der Waals surface area (Å²) < 4.78 is 5.34. The third kappa shape index (κ3) is 5.02. The van der Waals surface area contributed by atoms with Crippen molar-refractivity contribution in [2.24, 2.45) is 5.92 Å². The van der Waals surface area contributed by atoms with Crippen LogP contribution in [-0.4, -0.2) is 57.9 Å². The molecule has 29 heavy (non-hydrogen) atoms. The molecule has 0 radical (unpaired) electrons. The zero-order valence-electron chi connectivity index (χ0n) is 17.0. The van der Waals surface area contributed by atoms with E-state index in [0.717, 1.165) is 43.5 Å². The van der Waals surface area contributed by atoms with Crippen molar-refractivity contribution in [2.75, 3.05) is 26.2 Å². The molecule has 7 heteroatoms. The van der Waals surface area contributed by atoms with E-state index >= 15 is 0 Å². The zero-order chi connectivity index (χ0) is 20.2. The monoisotopic (exact) mass is 396 g/mol. The molecule has 2 aromatic rings. The van der Waals surface area contributed by atoms with Crippen LogP contribution in [0.2, 0.25) is 0 Å². The molecule has 1 saturated carbocycles. The molecule has 154 valence electrons. The highest BCUT2D eigenvalue weighted by Crippen LogP contribution is 2.31. The number of hydrogen-bond acceptors (Lipinski definition) is 5. The van der Waals surface area contributed by atoms with Gasteiger partial charge in [0, 0.05) is 50.5 Å². The highest BCUT2D eigenvalue weighted by Gasteiger charge is 2.34. The van der Waals surface area contributed by atoms with Gasteiger partial charge in [-0.05, 0) is 38.7 Å². The van der Waals surface area contributed by atoms with Crippen molar-refractivity contribution < 1.29 is 14.1 Å². The van der Waals surface area contributed by atoms with Gasteiger partial charge in [-0.1, -0.05) is 28.9 Å². The minimum absolute atomic E-state index is 0.143. The summed E-state index contributed by atoms with van der Waals surface area (Å²) >= 11 is 0. The number of carbonyl (C=O) groups excluding carboxylic acids is 2. The third-order valence-corrected chi connectivity index (χ3v) is 5.61.